The fraction of sp³-hybridized carbons (Fsp3) is 0.462. The van der Waals surface area contributed by atoms with Crippen LogP contribution in [-0.2, 0) is 9.53 Å². The maximum Gasteiger partial charge on any atom is 0.326 e. The molecule has 0 fully saturated rings. The highest BCUT2D eigenvalue weighted by molar-refractivity contribution is 5.75. The Morgan fingerprint density at radius 1 is 1.35 bits per heavy atom. The quantitative estimate of drug-likeness (QED) is 0.762. The topological polar surface area (TPSA) is 47.6 Å². The third-order valence-electron chi connectivity index (χ3n) is 2.37. The van der Waals surface area contributed by atoms with Crippen molar-refractivity contribution in [2.75, 3.05) is 20.3 Å². The number of methoxy groups -OCH3 is 1. The van der Waals surface area contributed by atoms with Crippen LogP contribution in [-0.4, -0.2) is 32.3 Å². The van der Waals surface area contributed by atoms with Crippen LogP contribution in [0.25, 0.3) is 0 Å². The van der Waals surface area contributed by atoms with E-state index < -0.39 is 6.04 Å². The summed E-state index contributed by atoms with van der Waals surface area (Å²) in [6.07, 6.45) is 0. The second-order valence-corrected chi connectivity index (χ2v) is 3.76. The lowest BCUT2D eigenvalue weighted by Gasteiger charge is -2.16. The SMILES string of the molecule is CCNC(COc1ccc(C)cc1)C(=O)OC. The van der Waals surface area contributed by atoms with Gasteiger partial charge in [0.05, 0.1) is 7.11 Å². The summed E-state index contributed by atoms with van der Waals surface area (Å²) in [6.45, 7) is 4.90. The number of hydrogen-bond acceptors (Lipinski definition) is 4. The molecule has 1 atom stereocenters. The smallest absolute Gasteiger partial charge is 0.326 e. The predicted molar refractivity (Wildman–Crippen MR) is 66.2 cm³/mol. The third kappa shape index (κ3) is 4.44. The Morgan fingerprint density at radius 2 is 2.00 bits per heavy atom. The summed E-state index contributed by atoms with van der Waals surface area (Å²) in [5.74, 6) is 0.446. The van der Waals surface area contributed by atoms with Crippen molar-refractivity contribution in [1.29, 1.82) is 0 Å². The van der Waals surface area contributed by atoms with Crippen molar-refractivity contribution in [3.8, 4) is 5.75 Å². The molecule has 4 nitrogen and oxygen atoms in total. The molecular weight excluding hydrogens is 218 g/mol. The van der Waals surface area contributed by atoms with E-state index in [0.29, 0.717) is 6.54 Å². The van der Waals surface area contributed by atoms with E-state index >= 15 is 0 Å². The van der Waals surface area contributed by atoms with E-state index in [1.807, 2.05) is 38.1 Å². The monoisotopic (exact) mass is 237 g/mol. The minimum atomic E-state index is -0.425. The second kappa shape index (κ2) is 6.91. The fourth-order valence-corrected chi connectivity index (χ4v) is 1.41. The largest absolute Gasteiger partial charge is 0.491 e. The van der Waals surface area contributed by atoms with Crippen LogP contribution in [0.1, 0.15) is 12.5 Å². The van der Waals surface area contributed by atoms with Gasteiger partial charge in [0.15, 0.2) is 0 Å². The Balaban J connectivity index is 2.51. The van der Waals surface area contributed by atoms with Crippen molar-refractivity contribution in [2.45, 2.75) is 19.9 Å². The van der Waals surface area contributed by atoms with Gasteiger partial charge in [0.25, 0.3) is 0 Å². The van der Waals surface area contributed by atoms with E-state index in [9.17, 15) is 4.79 Å². The summed E-state index contributed by atoms with van der Waals surface area (Å²) in [5.41, 5.74) is 1.17. The van der Waals surface area contributed by atoms with E-state index in [2.05, 4.69) is 5.32 Å². The summed E-state index contributed by atoms with van der Waals surface area (Å²) in [6, 6.07) is 7.28. The molecule has 0 heterocycles. The first-order chi connectivity index (χ1) is 8.17. The van der Waals surface area contributed by atoms with E-state index in [4.69, 9.17) is 9.47 Å². The molecule has 0 radical (unpaired) electrons. The lowest BCUT2D eigenvalue weighted by Crippen LogP contribution is -2.42. The number of hydrogen-bond donors (Lipinski definition) is 1. The fourth-order valence-electron chi connectivity index (χ4n) is 1.41. The molecule has 1 rings (SSSR count). The van der Waals surface area contributed by atoms with Crippen LogP contribution in [0.15, 0.2) is 24.3 Å². The highest BCUT2D eigenvalue weighted by Gasteiger charge is 2.18. The van der Waals surface area contributed by atoms with E-state index in [0.717, 1.165) is 5.75 Å². The molecule has 94 valence electrons. The summed E-state index contributed by atoms with van der Waals surface area (Å²) in [4.78, 5) is 11.4. The van der Waals surface area contributed by atoms with Crippen molar-refractivity contribution < 1.29 is 14.3 Å². The highest BCUT2D eigenvalue weighted by atomic mass is 16.5. The van der Waals surface area contributed by atoms with E-state index in [1.54, 1.807) is 0 Å². The Morgan fingerprint density at radius 3 is 2.53 bits per heavy atom. The zero-order valence-corrected chi connectivity index (χ0v) is 10.5. The molecular formula is C13H19NO3. The molecule has 1 aromatic rings. The molecule has 1 aromatic carbocycles. The van der Waals surface area contributed by atoms with Gasteiger partial charge < -0.3 is 14.8 Å². The number of carbonyl (C=O) groups is 1. The highest BCUT2D eigenvalue weighted by Crippen LogP contribution is 2.11. The molecule has 0 amide bonds. The zero-order valence-electron chi connectivity index (χ0n) is 10.5. The Labute approximate surface area is 102 Å². The molecule has 0 saturated heterocycles. The van der Waals surface area contributed by atoms with Gasteiger partial charge in [0, 0.05) is 0 Å². The number of carbonyl (C=O) groups excluding carboxylic acids is 1. The summed E-state index contributed by atoms with van der Waals surface area (Å²) >= 11 is 0. The van der Waals surface area contributed by atoms with Crippen LogP contribution < -0.4 is 10.1 Å². The zero-order chi connectivity index (χ0) is 12.7. The average molecular weight is 237 g/mol. The molecule has 0 spiro atoms. The lowest BCUT2D eigenvalue weighted by atomic mass is 10.2. The van der Waals surface area contributed by atoms with Gasteiger partial charge in [-0.1, -0.05) is 24.6 Å². The summed E-state index contributed by atoms with van der Waals surface area (Å²) in [5, 5.41) is 3.02. The normalized spacial score (nSPS) is 11.9. The number of esters is 1. The lowest BCUT2D eigenvalue weighted by molar-refractivity contribution is -0.143. The van der Waals surface area contributed by atoms with Gasteiger partial charge in [-0.05, 0) is 25.6 Å². The predicted octanol–water partition coefficient (Wildman–Crippen LogP) is 1.52. The number of rotatable bonds is 6. The van der Waals surface area contributed by atoms with Crippen LogP contribution in [0.2, 0.25) is 0 Å². The molecule has 0 aliphatic heterocycles. The third-order valence-corrected chi connectivity index (χ3v) is 2.37. The van der Waals surface area contributed by atoms with Gasteiger partial charge in [0.1, 0.15) is 18.4 Å². The minimum Gasteiger partial charge on any atom is -0.491 e. The standard InChI is InChI=1S/C13H19NO3/c1-4-14-12(13(15)16-3)9-17-11-7-5-10(2)6-8-11/h5-8,12,14H,4,9H2,1-3H3. The Hall–Kier alpha value is -1.55. The maximum atomic E-state index is 11.4. The molecule has 0 aliphatic carbocycles. The summed E-state index contributed by atoms with van der Waals surface area (Å²) in [7, 11) is 1.37. The van der Waals surface area contributed by atoms with Crippen LogP contribution in [0.5, 0.6) is 5.75 Å². The first-order valence-electron chi connectivity index (χ1n) is 5.68. The molecule has 0 saturated carbocycles. The minimum absolute atomic E-state index is 0.267. The van der Waals surface area contributed by atoms with Crippen molar-refractivity contribution in [1.82, 2.24) is 5.32 Å². The number of benzene rings is 1. The number of aryl methyl sites for hydroxylation is 1. The van der Waals surface area contributed by atoms with Crippen LogP contribution in [0, 0.1) is 6.92 Å². The second-order valence-electron chi connectivity index (χ2n) is 3.76. The van der Waals surface area contributed by atoms with Gasteiger partial charge in [-0.15, -0.1) is 0 Å². The molecule has 0 aromatic heterocycles. The van der Waals surface area contributed by atoms with Gasteiger partial charge in [-0.2, -0.15) is 0 Å². The van der Waals surface area contributed by atoms with E-state index in [-0.39, 0.29) is 12.6 Å². The van der Waals surface area contributed by atoms with Gasteiger partial charge in [-0.3, -0.25) is 4.79 Å². The average Bonchev–Trinajstić information content (AvgIpc) is 2.35. The molecule has 4 heteroatoms. The van der Waals surface area contributed by atoms with Crippen molar-refractivity contribution >= 4 is 5.97 Å². The first kappa shape index (κ1) is 13.5. The maximum absolute atomic E-state index is 11.4. The van der Waals surface area contributed by atoms with Gasteiger partial charge in [-0.25, -0.2) is 0 Å². The number of ether oxygens (including phenoxy) is 2. The van der Waals surface area contributed by atoms with Crippen LogP contribution in [0.4, 0.5) is 0 Å². The Kier molecular flexibility index (Phi) is 5.49. The van der Waals surface area contributed by atoms with Gasteiger partial charge in [0.2, 0.25) is 0 Å². The van der Waals surface area contributed by atoms with Crippen molar-refractivity contribution in [3.05, 3.63) is 29.8 Å². The molecule has 1 N–H and O–H groups in total. The molecule has 1 unspecified atom stereocenters. The number of nitrogens with one attached hydrogen (secondary N) is 1. The van der Waals surface area contributed by atoms with E-state index in [1.165, 1.54) is 12.7 Å². The van der Waals surface area contributed by atoms with Crippen molar-refractivity contribution in [3.63, 3.8) is 0 Å². The number of likely N-dealkylation sites (N-methyl/N-ethyl adjacent to an activating group) is 1. The Bertz CT molecular complexity index is 348. The molecule has 0 aliphatic rings. The summed E-state index contributed by atoms with van der Waals surface area (Å²) < 4.78 is 10.2. The molecule has 17 heavy (non-hydrogen) atoms. The van der Waals surface area contributed by atoms with Crippen LogP contribution >= 0.6 is 0 Å². The van der Waals surface area contributed by atoms with Crippen LogP contribution in [0.3, 0.4) is 0 Å². The molecule has 0 bridgehead atoms. The van der Waals surface area contributed by atoms with Crippen molar-refractivity contribution in [2.24, 2.45) is 0 Å². The van der Waals surface area contributed by atoms with Gasteiger partial charge >= 0.3 is 5.97 Å². The first-order valence-corrected chi connectivity index (χ1v) is 5.68.